The summed E-state index contributed by atoms with van der Waals surface area (Å²) < 4.78 is 44.9. The molecule has 2 atom stereocenters. The van der Waals surface area contributed by atoms with E-state index in [1.165, 1.54) is 31.4 Å². The van der Waals surface area contributed by atoms with Gasteiger partial charge in [0, 0.05) is 7.11 Å². The number of hydrogen-bond donors (Lipinski definition) is 3. The molecule has 0 spiro atoms. The van der Waals surface area contributed by atoms with Crippen LogP contribution in [0.3, 0.4) is 0 Å². The molecular formula is C17H25NO9S. The van der Waals surface area contributed by atoms with Crippen molar-refractivity contribution in [2.24, 2.45) is 0 Å². The van der Waals surface area contributed by atoms with Crippen LogP contribution < -0.4 is 10.1 Å². The second-order valence-electron chi connectivity index (χ2n) is 6.83. The minimum Gasteiger partial charge on any atom is -0.444 e. The summed E-state index contributed by atoms with van der Waals surface area (Å²) in [6.07, 6.45) is -2.63. The van der Waals surface area contributed by atoms with Crippen molar-refractivity contribution in [3.8, 4) is 5.75 Å². The Morgan fingerprint density at radius 2 is 1.75 bits per heavy atom. The Bertz CT molecular complexity index is 769. The summed E-state index contributed by atoms with van der Waals surface area (Å²) in [7, 11) is -3.00. The van der Waals surface area contributed by atoms with Crippen LogP contribution in [0.1, 0.15) is 38.8 Å². The molecule has 1 aromatic rings. The summed E-state index contributed by atoms with van der Waals surface area (Å²) in [5, 5.41) is 12.5. The molecule has 0 aliphatic rings. The first-order valence-corrected chi connectivity index (χ1v) is 9.88. The van der Waals surface area contributed by atoms with E-state index in [-0.39, 0.29) is 5.75 Å². The van der Waals surface area contributed by atoms with E-state index in [9.17, 15) is 23.1 Å². The van der Waals surface area contributed by atoms with Crippen LogP contribution in [0.25, 0.3) is 0 Å². The van der Waals surface area contributed by atoms with E-state index in [1.807, 2.05) is 0 Å². The van der Waals surface area contributed by atoms with Gasteiger partial charge >= 0.3 is 12.1 Å². The van der Waals surface area contributed by atoms with Gasteiger partial charge in [-0.05, 0) is 38.5 Å². The minimum absolute atomic E-state index is 0.118. The van der Waals surface area contributed by atoms with Crippen molar-refractivity contribution in [1.82, 2.24) is 5.32 Å². The van der Waals surface area contributed by atoms with Crippen LogP contribution in [0.5, 0.6) is 5.75 Å². The highest BCUT2D eigenvalue weighted by Gasteiger charge is 2.26. The fourth-order valence-corrected chi connectivity index (χ4v) is 2.45. The van der Waals surface area contributed by atoms with Crippen molar-refractivity contribution in [3.63, 3.8) is 0 Å². The Morgan fingerprint density at radius 1 is 1.18 bits per heavy atom. The smallest absolute Gasteiger partial charge is 0.408 e. The molecule has 1 rings (SSSR count). The standard InChI is InChI=1S/C17H25NO9S/c1-17(2,3)27-16(21)18-14(15(20)25-4)11-5-7-12(8-6-11)26-13(19)9-10-28(22,23)24/h5-8,14-15,20H,9-10H2,1-4H3,(H,18,21)(H,22,23,24). The lowest BCUT2D eigenvalue weighted by molar-refractivity contribution is -0.133. The summed E-state index contributed by atoms with van der Waals surface area (Å²) in [4.78, 5) is 23.6. The molecule has 0 aliphatic carbocycles. The van der Waals surface area contributed by atoms with Crippen LogP contribution in [-0.4, -0.2) is 54.9 Å². The SMILES string of the molecule is COC(O)C(NC(=O)OC(C)(C)C)c1ccc(OC(=O)CCS(=O)(=O)O)cc1. The molecule has 11 heteroatoms. The van der Waals surface area contributed by atoms with Crippen molar-refractivity contribution >= 4 is 22.2 Å². The van der Waals surface area contributed by atoms with E-state index in [2.05, 4.69) is 5.32 Å². The average Bonchev–Trinajstić information content (AvgIpc) is 2.56. The number of carbonyl (C=O) groups excluding carboxylic acids is 2. The normalized spacial score (nSPS) is 14.1. The van der Waals surface area contributed by atoms with Gasteiger partial charge in [-0.15, -0.1) is 0 Å². The number of carbonyl (C=O) groups is 2. The van der Waals surface area contributed by atoms with Gasteiger partial charge in [-0.2, -0.15) is 8.42 Å². The Balaban J connectivity index is 2.82. The van der Waals surface area contributed by atoms with Crippen LogP contribution in [0.4, 0.5) is 4.79 Å². The topological polar surface area (TPSA) is 148 Å². The van der Waals surface area contributed by atoms with Gasteiger partial charge in [0.15, 0.2) is 6.29 Å². The van der Waals surface area contributed by atoms with Gasteiger partial charge < -0.3 is 24.6 Å². The average molecular weight is 419 g/mol. The Labute approximate surface area is 163 Å². The van der Waals surface area contributed by atoms with Gasteiger partial charge in [-0.25, -0.2) is 4.79 Å². The predicted octanol–water partition coefficient (Wildman–Crippen LogP) is 1.40. The zero-order chi connectivity index (χ0) is 21.5. The van der Waals surface area contributed by atoms with Crippen LogP contribution in [0.2, 0.25) is 0 Å². The summed E-state index contributed by atoms with van der Waals surface area (Å²) in [6, 6.07) is 4.80. The molecule has 1 amide bonds. The number of benzene rings is 1. The summed E-state index contributed by atoms with van der Waals surface area (Å²) in [5.41, 5.74) is -0.287. The molecular weight excluding hydrogens is 394 g/mol. The molecule has 3 N–H and O–H groups in total. The highest BCUT2D eigenvalue weighted by molar-refractivity contribution is 7.85. The van der Waals surface area contributed by atoms with Gasteiger partial charge in [0.25, 0.3) is 10.1 Å². The number of rotatable bonds is 8. The zero-order valence-electron chi connectivity index (χ0n) is 16.0. The third kappa shape index (κ3) is 9.13. The van der Waals surface area contributed by atoms with Gasteiger partial charge in [0.05, 0.1) is 12.2 Å². The number of aliphatic hydroxyl groups excluding tert-OH is 1. The van der Waals surface area contributed by atoms with Gasteiger partial charge in [0.1, 0.15) is 17.4 Å². The fourth-order valence-electron chi connectivity index (χ4n) is 2.03. The number of ether oxygens (including phenoxy) is 3. The largest absolute Gasteiger partial charge is 0.444 e. The second kappa shape index (κ2) is 9.82. The molecule has 28 heavy (non-hydrogen) atoms. The van der Waals surface area contributed by atoms with E-state index in [0.29, 0.717) is 5.56 Å². The first kappa shape index (κ1) is 23.8. The molecule has 0 bridgehead atoms. The second-order valence-corrected chi connectivity index (χ2v) is 8.40. The number of hydrogen-bond acceptors (Lipinski definition) is 8. The molecule has 0 saturated heterocycles. The molecule has 0 saturated carbocycles. The first-order chi connectivity index (χ1) is 12.8. The molecule has 10 nitrogen and oxygen atoms in total. The van der Waals surface area contributed by atoms with Crippen LogP contribution in [0, 0.1) is 0 Å². The number of methoxy groups -OCH3 is 1. The van der Waals surface area contributed by atoms with E-state index in [4.69, 9.17) is 18.8 Å². The Kier molecular flexibility index (Phi) is 8.36. The Hall–Kier alpha value is -2.21. The highest BCUT2D eigenvalue weighted by Crippen LogP contribution is 2.22. The minimum atomic E-state index is -4.26. The van der Waals surface area contributed by atoms with Crippen molar-refractivity contribution in [2.45, 2.75) is 45.1 Å². The summed E-state index contributed by atoms with van der Waals surface area (Å²) in [5.74, 6) is -1.47. The molecule has 0 aromatic heterocycles. The first-order valence-electron chi connectivity index (χ1n) is 8.27. The number of amides is 1. The van der Waals surface area contributed by atoms with Crippen molar-refractivity contribution in [1.29, 1.82) is 0 Å². The van der Waals surface area contributed by atoms with Gasteiger partial charge in [-0.1, -0.05) is 12.1 Å². The number of esters is 1. The van der Waals surface area contributed by atoms with E-state index in [0.717, 1.165) is 0 Å². The fraction of sp³-hybridized carbons (Fsp3) is 0.529. The monoisotopic (exact) mass is 419 g/mol. The molecule has 1 aromatic carbocycles. The highest BCUT2D eigenvalue weighted by atomic mass is 32.2. The van der Waals surface area contributed by atoms with Crippen LogP contribution >= 0.6 is 0 Å². The lowest BCUT2D eigenvalue weighted by Gasteiger charge is -2.26. The van der Waals surface area contributed by atoms with Crippen LogP contribution in [0.15, 0.2) is 24.3 Å². The lowest BCUT2D eigenvalue weighted by atomic mass is 10.1. The summed E-state index contributed by atoms with van der Waals surface area (Å²) in [6.45, 7) is 5.08. The van der Waals surface area contributed by atoms with Crippen molar-refractivity contribution in [2.75, 3.05) is 12.9 Å². The molecule has 0 aliphatic heterocycles. The van der Waals surface area contributed by atoms with Crippen molar-refractivity contribution < 1.29 is 41.9 Å². The van der Waals surface area contributed by atoms with E-state index < -0.39 is 52.3 Å². The molecule has 0 fully saturated rings. The van der Waals surface area contributed by atoms with Gasteiger partial charge in [-0.3, -0.25) is 9.35 Å². The zero-order valence-corrected chi connectivity index (χ0v) is 16.9. The maximum absolute atomic E-state index is 12.0. The maximum atomic E-state index is 12.0. The van der Waals surface area contributed by atoms with E-state index in [1.54, 1.807) is 20.8 Å². The maximum Gasteiger partial charge on any atom is 0.408 e. The summed E-state index contributed by atoms with van der Waals surface area (Å²) >= 11 is 0. The molecule has 0 heterocycles. The third-order valence-electron chi connectivity index (χ3n) is 3.23. The number of aliphatic hydroxyl groups is 1. The van der Waals surface area contributed by atoms with Crippen molar-refractivity contribution in [3.05, 3.63) is 29.8 Å². The number of nitrogens with one attached hydrogen (secondary N) is 1. The quantitative estimate of drug-likeness (QED) is 0.246. The lowest BCUT2D eigenvalue weighted by Crippen LogP contribution is -2.40. The molecule has 158 valence electrons. The number of alkyl carbamates (subject to hydrolysis) is 1. The van der Waals surface area contributed by atoms with Crippen LogP contribution in [-0.2, 0) is 24.4 Å². The molecule has 0 radical (unpaired) electrons. The Morgan fingerprint density at radius 3 is 2.21 bits per heavy atom. The van der Waals surface area contributed by atoms with E-state index >= 15 is 0 Å². The third-order valence-corrected chi connectivity index (χ3v) is 3.95. The van der Waals surface area contributed by atoms with Gasteiger partial charge in [0.2, 0.25) is 0 Å². The predicted molar refractivity (Wildman–Crippen MR) is 98.2 cm³/mol. The molecule has 2 unspecified atom stereocenters.